The highest BCUT2D eigenvalue weighted by molar-refractivity contribution is 5.53. The van der Waals surface area contributed by atoms with Crippen LogP contribution in [0.2, 0.25) is 0 Å². The Balaban J connectivity index is 2.10. The van der Waals surface area contributed by atoms with E-state index in [1.165, 1.54) is 0 Å². The van der Waals surface area contributed by atoms with Gasteiger partial charge in [0.05, 0.1) is 6.10 Å². The predicted molar refractivity (Wildman–Crippen MR) is 75.7 cm³/mol. The molecule has 0 spiro atoms. The molecule has 0 saturated carbocycles. The summed E-state index contributed by atoms with van der Waals surface area (Å²) in [6.45, 7) is 4.07. The van der Waals surface area contributed by atoms with Crippen molar-refractivity contribution in [3.05, 3.63) is 64.7 Å². The summed E-state index contributed by atoms with van der Waals surface area (Å²) in [5, 5.41) is 13.0. The van der Waals surface area contributed by atoms with Gasteiger partial charge in [-0.25, -0.2) is 8.78 Å². The van der Waals surface area contributed by atoms with E-state index in [1.807, 2.05) is 32.0 Å². The lowest BCUT2D eigenvalue weighted by Crippen LogP contribution is -2.14. The Morgan fingerprint density at radius 3 is 2.65 bits per heavy atom. The number of hydrogen-bond acceptors (Lipinski definition) is 2. The molecule has 1 unspecified atom stereocenters. The average Bonchev–Trinajstić information content (AvgIpc) is 2.43. The van der Waals surface area contributed by atoms with Crippen molar-refractivity contribution in [2.24, 2.45) is 0 Å². The maximum atomic E-state index is 13.5. The molecule has 0 radical (unpaired) electrons. The second-order valence-corrected chi connectivity index (χ2v) is 4.81. The third-order valence-corrected chi connectivity index (χ3v) is 3.41. The molecule has 0 saturated heterocycles. The average molecular weight is 277 g/mol. The largest absolute Gasteiger partial charge is 0.386 e. The molecule has 1 atom stereocenters. The topological polar surface area (TPSA) is 32.3 Å². The van der Waals surface area contributed by atoms with Crippen molar-refractivity contribution in [2.45, 2.75) is 20.0 Å². The van der Waals surface area contributed by atoms with Crippen LogP contribution in [0.25, 0.3) is 0 Å². The molecule has 0 aliphatic carbocycles. The van der Waals surface area contributed by atoms with Gasteiger partial charge in [-0.1, -0.05) is 12.1 Å². The molecular weight excluding hydrogens is 260 g/mol. The van der Waals surface area contributed by atoms with Crippen LogP contribution in [0.1, 0.15) is 22.8 Å². The monoisotopic (exact) mass is 277 g/mol. The number of halogens is 2. The van der Waals surface area contributed by atoms with E-state index in [0.717, 1.165) is 35.0 Å². The molecule has 4 heteroatoms. The molecule has 0 aromatic heterocycles. The Kier molecular flexibility index (Phi) is 4.35. The fraction of sp³-hybridized carbons (Fsp3) is 0.250. The lowest BCUT2D eigenvalue weighted by Gasteiger charge is -2.16. The van der Waals surface area contributed by atoms with Gasteiger partial charge in [-0.05, 0) is 49.2 Å². The first-order chi connectivity index (χ1) is 9.49. The summed E-state index contributed by atoms with van der Waals surface area (Å²) >= 11 is 0. The van der Waals surface area contributed by atoms with Crippen LogP contribution in [0.5, 0.6) is 0 Å². The maximum absolute atomic E-state index is 13.5. The van der Waals surface area contributed by atoms with Crippen LogP contribution in [-0.2, 0) is 0 Å². The number of aliphatic hydroxyl groups is 1. The van der Waals surface area contributed by atoms with Gasteiger partial charge in [0, 0.05) is 17.8 Å². The third kappa shape index (κ3) is 3.14. The van der Waals surface area contributed by atoms with Crippen LogP contribution in [-0.4, -0.2) is 11.7 Å². The first kappa shape index (κ1) is 14.5. The summed E-state index contributed by atoms with van der Waals surface area (Å²) in [6.07, 6.45) is -1.11. The van der Waals surface area contributed by atoms with Gasteiger partial charge in [0.1, 0.15) is 11.6 Å². The van der Waals surface area contributed by atoms with E-state index in [2.05, 4.69) is 5.32 Å². The molecule has 0 aliphatic heterocycles. The van der Waals surface area contributed by atoms with E-state index < -0.39 is 17.7 Å². The molecule has 2 aromatic rings. The molecule has 20 heavy (non-hydrogen) atoms. The second kappa shape index (κ2) is 6.01. The fourth-order valence-corrected chi connectivity index (χ4v) is 2.03. The molecule has 2 rings (SSSR count). The minimum Gasteiger partial charge on any atom is -0.386 e. The summed E-state index contributed by atoms with van der Waals surface area (Å²) in [6, 6.07) is 8.85. The Morgan fingerprint density at radius 2 is 1.90 bits per heavy atom. The van der Waals surface area contributed by atoms with Gasteiger partial charge in [0.15, 0.2) is 0 Å². The van der Waals surface area contributed by atoms with Gasteiger partial charge >= 0.3 is 0 Å². The van der Waals surface area contributed by atoms with Crippen LogP contribution < -0.4 is 5.32 Å². The van der Waals surface area contributed by atoms with E-state index in [1.54, 1.807) is 0 Å². The maximum Gasteiger partial charge on any atom is 0.129 e. The predicted octanol–water partition coefficient (Wildman–Crippen LogP) is 3.73. The van der Waals surface area contributed by atoms with Crippen molar-refractivity contribution < 1.29 is 13.9 Å². The normalized spacial score (nSPS) is 12.2. The Hall–Kier alpha value is -1.94. The van der Waals surface area contributed by atoms with Crippen LogP contribution in [0.3, 0.4) is 0 Å². The molecule has 0 amide bonds. The quantitative estimate of drug-likeness (QED) is 0.892. The first-order valence-electron chi connectivity index (χ1n) is 6.42. The van der Waals surface area contributed by atoms with Crippen LogP contribution >= 0.6 is 0 Å². The summed E-state index contributed by atoms with van der Waals surface area (Å²) in [4.78, 5) is 0. The molecule has 0 fully saturated rings. The van der Waals surface area contributed by atoms with Crippen molar-refractivity contribution in [2.75, 3.05) is 11.9 Å². The van der Waals surface area contributed by atoms with Crippen LogP contribution in [0.4, 0.5) is 14.5 Å². The number of hydrogen-bond donors (Lipinski definition) is 2. The summed E-state index contributed by atoms with van der Waals surface area (Å²) < 4.78 is 26.6. The standard InChI is InChI=1S/C16H17F2NO/c1-10-4-3-5-15(11(10)2)19-9-16(20)13-8-12(17)6-7-14(13)18/h3-8,16,19-20H,9H2,1-2H3. The molecule has 0 heterocycles. The van der Waals surface area contributed by atoms with Crippen LogP contribution in [0.15, 0.2) is 36.4 Å². The number of rotatable bonds is 4. The van der Waals surface area contributed by atoms with E-state index in [-0.39, 0.29) is 12.1 Å². The molecule has 2 nitrogen and oxygen atoms in total. The van der Waals surface area contributed by atoms with E-state index >= 15 is 0 Å². The van der Waals surface area contributed by atoms with Gasteiger partial charge in [0.25, 0.3) is 0 Å². The Labute approximate surface area is 117 Å². The zero-order chi connectivity index (χ0) is 14.7. The van der Waals surface area contributed by atoms with E-state index in [0.29, 0.717) is 0 Å². The fourth-order valence-electron chi connectivity index (χ4n) is 2.03. The van der Waals surface area contributed by atoms with Crippen molar-refractivity contribution >= 4 is 5.69 Å². The van der Waals surface area contributed by atoms with Crippen molar-refractivity contribution in [1.82, 2.24) is 0 Å². The summed E-state index contributed by atoms with van der Waals surface area (Å²) in [7, 11) is 0. The van der Waals surface area contributed by atoms with Gasteiger partial charge in [-0.15, -0.1) is 0 Å². The van der Waals surface area contributed by atoms with Crippen molar-refractivity contribution in [3.8, 4) is 0 Å². The SMILES string of the molecule is Cc1cccc(NCC(O)c2cc(F)ccc2F)c1C. The van der Waals surface area contributed by atoms with Crippen molar-refractivity contribution in [3.63, 3.8) is 0 Å². The zero-order valence-corrected chi connectivity index (χ0v) is 11.5. The molecule has 0 aliphatic rings. The number of aliphatic hydroxyl groups excluding tert-OH is 1. The lowest BCUT2D eigenvalue weighted by atomic mass is 10.1. The Bertz CT molecular complexity index is 613. The second-order valence-electron chi connectivity index (χ2n) is 4.81. The highest BCUT2D eigenvalue weighted by atomic mass is 19.1. The Morgan fingerprint density at radius 1 is 1.15 bits per heavy atom. The van der Waals surface area contributed by atoms with Gasteiger partial charge in [-0.2, -0.15) is 0 Å². The zero-order valence-electron chi connectivity index (χ0n) is 11.5. The summed E-state index contributed by atoms with van der Waals surface area (Å²) in [5.74, 6) is -1.17. The molecular formula is C16H17F2NO. The lowest BCUT2D eigenvalue weighted by molar-refractivity contribution is 0.186. The van der Waals surface area contributed by atoms with E-state index in [9.17, 15) is 13.9 Å². The molecule has 2 aromatic carbocycles. The van der Waals surface area contributed by atoms with Crippen molar-refractivity contribution in [1.29, 1.82) is 0 Å². The first-order valence-corrected chi connectivity index (χ1v) is 6.42. The van der Waals surface area contributed by atoms with Gasteiger partial charge in [0.2, 0.25) is 0 Å². The number of aryl methyl sites for hydroxylation is 1. The minimum absolute atomic E-state index is 0.0391. The van der Waals surface area contributed by atoms with Gasteiger partial charge < -0.3 is 10.4 Å². The number of nitrogens with one attached hydrogen (secondary N) is 1. The van der Waals surface area contributed by atoms with Gasteiger partial charge in [-0.3, -0.25) is 0 Å². The smallest absolute Gasteiger partial charge is 0.129 e. The highest BCUT2D eigenvalue weighted by Gasteiger charge is 2.14. The molecule has 106 valence electrons. The molecule has 2 N–H and O–H groups in total. The number of benzene rings is 2. The minimum atomic E-state index is -1.11. The number of anilines is 1. The van der Waals surface area contributed by atoms with Crippen LogP contribution in [0, 0.1) is 25.5 Å². The third-order valence-electron chi connectivity index (χ3n) is 3.41. The summed E-state index contributed by atoms with van der Waals surface area (Å²) in [5.41, 5.74) is 3.03. The molecule has 0 bridgehead atoms. The highest BCUT2D eigenvalue weighted by Crippen LogP contribution is 2.22. The van der Waals surface area contributed by atoms with E-state index in [4.69, 9.17) is 0 Å².